The number of morpholine rings is 1. The summed E-state index contributed by atoms with van der Waals surface area (Å²) in [4.78, 5) is 19.2. The zero-order valence-electron chi connectivity index (χ0n) is 20.3. The lowest BCUT2D eigenvalue weighted by Gasteiger charge is -2.27. The van der Waals surface area contributed by atoms with E-state index in [4.69, 9.17) is 27.9 Å². The second-order valence-electron chi connectivity index (χ2n) is 8.82. The number of nitrogens with zero attached hydrogens (tertiary/aromatic N) is 4. The minimum absolute atomic E-state index is 0.0178. The molecule has 5 rings (SSSR count). The third-order valence-corrected chi connectivity index (χ3v) is 9.05. The number of ether oxygens (including phenoxy) is 1. The van der Waals surface area contributed by atoms with Crippen molar-refractivity contribution in [2.45, 2.75) is 18.2 Å². The van der Waals surface area contributed by atoms with E-state index in [1.54, 1.807) is 48.2 Å². The van der Waals surface area contributed by atoms with Crippen LogP contribution in [0.2, 0.25) is 10.0 Å². The number of aryl methyl sites for hydroxylation is 1. The van der Waals surface area contributed by atoms with Gasteiger partial charge in [-0.25, -0.2) is 17.4 Å². The van der Waals surface area contributed by atoms with Crippen LogP contribution in [-0.4, -0.2) is 54.5 Å². The molecule has 2 aromatic heterocycles. The molecule has 8 nitrogen and oxygen atoms in total. The van der Waals surface area contributed by atoms with Crippen LogP contribution < -0.4 is 0 Å². The molecule has 38 heavy (non-hydrogen) atoms. The molecule has 0 bridgehead atoms. The number of rotatable bonds is 5. The summed E-state index contributed by atoms with van der Waals surface area (Å²) in [6.07, 6.45) is 0.0178. The Morgan fingerprint density at radius 1 is 1.11 bits per heavy atom. The Hall–Kier alpha value is -3.42. The quantitative estimate of drug-likeness (QED) is 0.341. The smallest absolute Gasteiger partial charge is 0.268 e. The van der Waals surface area contributed by atoms with E-state index < -0.39 is 10.0 Å². The molecule has 0 radical (unpaired) electrons. The maximum Gasteiger partial charge on any atom is 0.268 e. The van der Waals surface area contributed by atoms with Crippen LogP contribution in [0.3, 0.4) is 0 Å². The van der Waals surface area contributed by atoms with Crippen molar-refractivity contribution in [3.63, 3.8) is 0 Å². The number of fused-ring (bicyclic) bond motifs is 1. The molecule has 0 saturated carbocycles. The highest BCUT2D eigenvalue weighted by Crippen LogP contribution is 2.35. The maximum atomic E-state index is 13.9. The fourth-order valence-electron chi connectivity index (χ4n) is 4.60. The lowest BCUT2D eigenvalue weighted by Crippen LogP contribution is -2.40. The van der Waals surface area contributed by atoms with Crippen molar-refractivity contribution in [3.8, 4) is 6.07 Å². The van der Waals surface area contributed by atoms with E-state index in [2.05, 4.69) is 4.98 Å². The number of nitriles is 1. The van der Waals surface area contributed by atoms with Gasteiger partial charge >= 0.3 is 0 Å². The molecular weight excluding hydrogens is 547 g/mol. The topological polar surface area (TPSA) is 105 Å². The second kappa shape index (κ2) is 10.4. The van der Waals surface area contributed by atoms with Gasteiger partial charge in [-0.1, -0.05) is 41.4 Å². The lowest BCUT2D eigenvalue weighted by atomic mass is 10.0. The van der Waals surface area contributed by atoms with Crippen LogP contribution in [0.15, 0.2) is 59.5 Å². The van der Waals surface area contributed by atoms with Crippen molar-refractivity contribution >= 4 is 50.0 Å². The van der Waals surface area contributed by atoms with Crippen molar-refractivity contribution in [1.29, 1.82) is 5.26 Å². The number of hydrogen-bond donors (Lipinski definition) is 0. The van der Waals surface area contributed by atoms with E-state index in [9.17, 15) is 18.5 Å². The Morgan fingerprint density at radius 3 is 2.50 bits per heavy atom. The van der Waals surface area contributed by atoms with E-state index in [-0.39, 0.29) is 33.5 Å². The van der Waals surface area contributed by atoms with Crippen molar-refractivity contribution in [2.75, 3.05) is 26.3 Å². The Balaban J connectivity index is 1.68. The first kappa shape index (κ1) is 26.2. The molecular formula is C27H22Cl2N4O4S. The summed E-state index contributed by atoms with van der Waals surface area (Å²) in [7, 11) is -4.08. The third-order valence-electron chi connectivity index (χ3n) is 6.49. The van der Waals surface area contributed by atoms with Crippen LogP contribution in [0, 0.1) is 18.3 Å². The van der Waals surface area contributed by atoms with Gasteiger partial charge in [0.05, 0.1) is 34.2 Å². The van der Waals surface area contributed by atoms with Crippen molar-refractivity contribution in [1.82, 2.24) is 13.9 Å². The zero-order chi connectivity index (χ0) is 27.0. The van der Waals surface area contributed by atoms with Gasteiger partial charge in [-0.3, -0.25) is 4.79 Å². The first-order valence-electron chi connectivity index (χ1n) is 11.8. The molecule has 0 N–H and O–H groups in total. The minimum Gasteiger partial charge on any atom is -0.378 e. The van der Waals surface area contributed by atoms with Crippen LogP contribution in [-0.2, 0) is 21.2 Å². The molecule has 0 unspecified atom stereocenters. The molecule has 3 heterocycles. The number of hydrogen-bond acceptors (Lipinski definition) is 6. The first-order valence-corrected chi connectivity index (χ1v) is 14.0. The van der Waals surface area contributed by atoms with Crippen LogP contribution in [0.1, 0.15) is 33.0 Å². The molecule has 2 aromatic carbocycles. The van der Waals surface area contributed by atoms with Gasteiger partial charge < -0.3 is 9.64 Å². The van der Waals surface area contributed by atoms with Crippen LogP contribution in [0.4, 0.5) is 0 Å². The van der Waals surface area contributed by atoms with Gasteiger partial charge in [0.25, 0.3) is 15.9 Å². The number of carbonyl (C=O) groups is 1. The van der Waals surface area contributed by atoms with Gasteiger partial charge in [0.2, 0.25) is 0 Å². The van der Waals surface area contributed by atoms with E-state index in [1.807, 2.05) is 6.07 Å². The lowest BCUT2D eigenvalue weighted by molar-refractivity contribution is 0.0303. The molecule has 1 aliphatic rings. The van der Waals surface area contributed by atoms with Gasteiger partial charge in [0, 0.05) is 47.4 Å². The summed E-state index contributed by atoms with van der Waals surface area (Å²) in [5, 5.41) is 10.5. The SMILES string of the molecule is Cc1nc(C#N)cc2c1cc(Cc1c(Cl)ccc(C(=O)N3CCOCC3)c1Cl)n2S(=O)(=O)c1ccccc1. The highest BCUT2D eigenvalue weighted by molar-refractivity contribution is 7.90. The number of pyridine rings is 1. The highest BCUT2D eigenvalue weighted by atomic mass is 35.5. The fourth-order valence-corrected chi connectivity index (χ4v) is 6.73. The minimum atomic E-state index is -4.08. The molecule has 1 saturated heterocycles. The molecule has 0 spiro atoms. The Labute approximate surface area is 230 Å². The first-order chi connectivity index (χ1) is 18.2. The van der Waals surface area contributed by atoms with Crippen molar-refractivity contribution < 1.29 is 17.9 Å². The Kier molecular flexibility index (Phi) is 7.16. The summed E-state index contributed by atoms with van der Waals surface area (Å²) in [6.45, 7) is 3.50. The number of aromatic nitrogens is 2. The van der Waals surface area contributed by atoms with E-state index >= 15 is 0 Å². The summed E-state index contributed by atoms with van der Waals surface area (Å²) < 4.78 is 34.4. The van der Waals surface area contributed by atoms with Crippen LogP contribution in [0.5, 0.6) is 0 Å². The van der Waals surface area contributed by atoms with Crippen molar-refractivity contribution in [3.05, 3.63) is 92.9 Å². The Bertz CT molecular complexity index is 1710. The number of halogens is 2. The highest BCUT2D eigenvalue weighted by Gasteiger charge is 2.27. The monoisotopic (exact) mass is 568 g/mol. The van der Waals surface area contributed by atoms with Gasteiger partial charge in [0.1, 0.15) is 11.8 Å². The average Bonchev–Trinajstić information content (AvgIpc) is 3.31. The van der Waals surface area contributed by atoms with Crippen LogP contribution >= 0.6 is 23.2 Å². The standard InChI is InChI=1S/C27H22Cl2N4O4S/c1-17-22-14-19(15-23-24(28)8-7-21(26(23)29)27(34)32-9-11-37-12-10-32)33(25(22)13-18(16-30)31-17)38(35,36)20-5-3-2-4-6-20/h2-8,13-14H,9-12,15H2,1H3. The molecule has 1 amide bonds. The molecule has 1 aliphatic heterocycles. The van der Waals surface area contributed by atoms with Gasteiger partial charge in [-0.15, -0.1) is 0 Å². The maximum absolute atomic E-state index is 13.9. The predicted molar refractivity (Wildman–Crippen MR) is 144 cm³/mol. The largest absolute Gasteiger partial charge is 0.378 e. The van der Waals surface area contributed by atoms with Gasteiger partial charge in [-0.05, 0) is 42.8 Å². The summed E-state index contributed by atoms with van der Waals surface area (Å²) >= 11 is 13.3. The van der Waals surface area contributed by atoms with Crippen molar-refractivity contribution in [2.24, 2.45) is 0 Å². The third kappa shape index (κ3) is 4.65. The summed E-state index contributed by atoms with van der Waals surface area (Å²) in [5.74, 6) is -0.243. The van der Waals surface area contributed by atoms with Crippen LogP contribution in [0.25, 0.3) is 10.9 Å². The van der Waals surface area contributed by atoms with E-state index in [1.165, 1.54) is 22.2 Å². The zero-order valence-corrected chi connectivity index (χ0v) is 22.6. The number of benzene rings is 2. The molecule has 11 heteroatoms. The molecule has 0 atom stereocenters. The van der Waals surface area contributed by atoms with Gasteiger partial charge in [-0.2, -0.15) is 5.26 Å². The fraction of sp³-hybridized carbons (Fsp3) is 0.222. The average molecular weight is 569 g/mol. The van der Waals surface area contributed by atoms with Gasteiger partial charge in [0.15, 0.2) is 0 Å². The summed E-state index contributed by atoms with van der Waals surface area (Å²) in [6, 6.07) is 16.3. The number of carbonyl (C=O) groups excluding carboxylic acids is 1. The predicted octanol–water partition coefficient (Wildman–Crippen LogP) is 4.82. The molecule has 1 fully saturated rings. The normalized spacial score (nSPS) is 14.0. The van der Waals surface area contributed by atoms with E-state index in [0.29, 0.717) is 59.2 Å². The second-order valence-corrected chi connectivity index (χ2v) is 11.4. The molecule has 194 valence electrons. The number of amides is 1. The summed E-state index contributed by atoms with van der Waals surface area (Å²) in [5.41, 5.74) is 2.00. The molecule has 0 aliphatic carbocycles. The Morgan fingerprint density at radius 2 is 1.82 bits per heavy atom. The van der Waals surface area contributed by atoms with E-state index in [0.717, 1.165) is 0 Å². The molecule has 4 aromatic rings.